The molecule has 0 fully saturated rings. The summed E-state index contributed by atoms with van der Waals surface area (Å²) in [7, 11) is 0. The number of benzene rings is 9. The summed E-state index contributed by atoms with van der Waals surface area (Å²) in [5.41, 5.74) is 21.3. The van der Waals surface area contributed by atoms with Crippen LogP contribution in [0.4, 0.5) is 17.1 Å². The first-order valence-electron chi connectivity index (χ1n) is 21.6. The number of anilines is 3. The third kappa shape index (κ3) is 6.10. The highest BCUT2D eigenvalue weighted by molar-refractivity contribution is 5.93. The van der Waals surface area contributed by atoms with Crippen molar-refractivity contribution < 1.29 is 4.42 Å². The summed E-state index contributed by atoms with van der Waals surface area (Å²) in [6.07, 6.45) is 6.30. The largest absolute Gasteiger partial charge is 0.464 e. The van der Waals surface area contributed by atoms with Gasteiger partial charge in [0.1, 0.15) is 5.76 Å². The fourth-order valence-corrected chi connectivity index (χ4v) is 10.1. The Morgan fingerprint density at radius 1 is 0.302 bits per heavy atom. The molecule has 2 heteroatoms. The summed E-state index contributed by atoms with van der Waals surface area (Å²) in [4.78, 5) is 2.35. The van der Waals surface area contributed by atoms with Crippen molar-refractivity contribution in [3.8, 4) is 55.8 Å². The zero-order valence-corrected chi connectivity index (χ0v) is 34.5. The van der Waals surface area contributed by atoms with Gasteiger partial charge in [0.25, 0.3) is 0 Å². The molecule has 0 radical (unpaired) electrons. The highest BCUT2D eigenvalue weighted by atomic mass is 16.3. The van der Waals surface area contributed by atoms with Gasteiger partial charge in [0.05, 0.1) is 11.7 Å². The van der Waals surface area contributed by atoms with Crippen molar-refractivity contribution in [2.75, 3.05) is 4.90 Å². The van der Waals surface area contributed by atoms with E-state index in [1.54, 1.807) is 6.26 Å². The lowest BCUT2D eigenvalue weighted by molar-refractivity contribution is 0.582. The molecule has 0 aliphatic heterocycles. The molecule has 0 unspecified atom stereocenters. The monoisotopic (exact) mass is 803 g/mol. The quantitative estimate of drug-likeness (QED) is 0.160. The van der Waals surface area contributed by atoms with Crippen LogP contribution >= 0.6 is 0 Å². The van der Waals surface area contributed by atoms with Gasteiger partial charge < -0.3 is 9.32 Å². The fraction of sp³-hybridized carbons (Fsp3) is 0.0164. The van der Waals surface area contributed by atoms with Crippen molar-refractivity contribution in [1.29, 1.82) is 0 Å². The summed E-state index contributed by atoms with van der Waals surface area (Å²) in [5.74, 6) is 0.865. The van der Waals surface area contributed by atoms with Crippen molar-refractivity contribution in [3.05, 3.63) is 270 Å². The Balaban J connectivity index is 0.936. The molecule has 296 valence electrons. The predicted molar refractivity (Wildman–Crippen MR) is 261 cm³/mol. The first kappa shape index (κ1) is 36.6. The molecule has 12 rings (SSSR count). The van der Waals surface area contributed by atoms with E-state index >= 15 is 0 Å². The van der Waals surface area contributed by atoms with Crippen LogP contribution in [0.5, 0.6) is 0 Å². The minimum absolute atomic E-state index is 0.431. The van der Waals surface area contributed by atoms with E-state index in [2.05, 4.69) is 235 Å². The summed E-state index contributed by atoms with van der Waals surface area (Å²) < 4.78 is 5.71. The maximum Gasteiger partial charge on any atom is 0.133 e. The SMILES string of the molecule is C1=Cc2ccccc2C2(c3ccccc31)c1ccccc1-c1cc(-c3ccc(N(c4ccc(-c5ccccc5)cc4)c4ccc(-c5cccc(-c6ccco6)c5)cc4)cc3)ccc12. The Morgan fingerprint density at radius 2 is 0.762 bits per heavy atom. The molecule has 10 aromatic rings. The van der Waals surface area contributed by atoms with E-state index in [-0.39, 0.29) is 0 Å². The summed E-state index contributed by atoms with van der Waals surface area (Å²) in [6.45, 7) is 0. The van der Waals surface area contributed by atoms with Gasteiger partial charge in [-0.3, -0.25) is 0 Å². The number of fused-ring (bicyclic) bond motifs is 9. The molecule has 0 saturated carbocycles. The molecule has 0 saturated heterocycles. The van der Waals surface area contributed by atoms with E-state index in [4.69, 9.17) is 4.42 Å². The summed E-state index contributed by atoms with van der Waals surface area (Å²) >= 11 is 0. The van der Waals surface area contributed by atoms with Crippen LogP contribution in [0, 0.1) is 0 Å². The number of hydrogen-bond donors (Lipinski definition) is 0. The molecular formula is C61H41NO. The van der Waals surface area contributed by atoms with Crippen LogP contribution in [-0.2, 0) is 5.41 Å². The standard InChI is InChI=1S/C61H41NO/c1-2-12-42(13-3-1)43-25-32-51(33-26-43)62(52-34-27-44(28-35-52)48-16-10-17-50(40-48)60-22-11-39-63-60)53-36-29-45(30-37-53)49-31-38-59-55(41-49)54-18-6-9-21-58(54)61(59)56-19-7-4-14-46(56)23-24-47-15-5-8-20-57(47)61/h1-41H. The van der Waals surface area contributed by atoms with Gasteiger partial charge in [-0.05, 0) is 139 Å². The number of nitrogens with zero attached hydrogens (tertiary/aromatic N) is 1. The lowest BCUT2D eigenvalue weighted by Crippen LogP contribution is -2.29. The van der Waals surface area contributed by atoms with Crippen LogP contribution < -0.4 is 4.90 Å². The van der Waals surface area contributed by atoms with E-state index in [9.17, 15) is 0 Å². The average molecular weight is 804 g/mol. The fourth-order valence-electron chi connectivity index (χ4n) is 10.1. The minimum Gasteiger partial charge on any atom is -0.464 e. The summed E-state index contributed by atoms with van der Waals surface area (Å²) in [6, 6.07) is 83.9. The second-order valence-electron chi connectivity index (χ2n) is 16.5. The van der Waals surface area contributed by atoms with Gasteiger partial charge in [-0.25, -0.2) is 0 Å². The van der Waals surface area contributed by atoms with Gasteiger partial charge >= 0.3 is 0 Å². The Hall–Kier alpha value is -8.20. The first-order valence-corrected chi connectivity index (χ1v) is 21.6. The summed E-state index contributed by atoms with van der Waals surface area (Å²) in [5, 5.41) is 0. The van der Waals surface area contributed by atoms with Gasteiger partial charge in [0, 0.05) is 22.6 Å². The van der Waals surface area contributed by atoms with Gasteiger partial charge in [-0.15, -0.1) is 0 Å². The molecule has 0 atom stereocenters. The van der Waals surface area contributed by atoms with E-state index < -0.39 is 5.41 Å². The number of furan rings is 1. The van der Waals surface area contributed by atoms with Crippen LogP contribution in [0.15, 0.2) is 241 Å². The molecule has 0 N–H and O–H groups in total. The Labute approximate surface area is 368 Å². The zero-order valence-electron chi connectivity index (χ0n) is 34.5. The Kier molecular flexibility index (Phi) is 8.76. The van der Waals surface area contributed by atoms with Crippen LogP contribution in [-0.4, -0.2) is 0 Å². The second-order valence-corrected chi connectivity index (χ2v) is 16.5. The van der Waals surface area contributed by atoms with Crippen molar-refractivity contribution in [3.63, 3.8) is 0 Å². The van der Waals surface area contributed by atoms with Crippen molar-refractivity contribution in [2.45, 2.75) is 5.41 Å². The van der Waals surface area contributed by atoms with Gasteiger partial charge in [-0.1, -0.05) is 182 Å². The third-order valence-electron chi connectivity index (χ3n) is 13.0. The van der Waals surface area contributed by atoms with Gasteiger partial charge in [0.2, 0.25) is 0 Å². The van der Waals surface area contributed by atoms with Crippen LogP contribution in [0.3, 0.4) is 0 Å². The van der Waals surface area contributed by atoms with Crippen molar-refractivity contribution >= 4 is 29.2 Å². The molecule has 2 aliphatic carbocycles. The second kappa shape index (κ2) is 15.1. The number of hydrogen-bond acceptors (Lipinski definition) is 2. The average Bonchev–Trinajstić information content (AvgIpc) is 3.97. The minimum atomic E-state index is -0.431. The van der Waals surface area contributed by atoms with Crippen LogP contribution in [0.1, 0.15) is 33.4 Å². The normalized spacial score (nSPS) is 12.8. The molecule has 2 aliphatic rings. The number of rotatable bonds is 7. The topological polar surface area (TPSA) is 16.4 Å². The maximum atomic E-state index is 5.71. The van der Waals surface area contributed by atoms with Crippen molar-refractivity contribution in [2.24, 2.45) is 0 Å². The maximum absolute atomic E-state index is 5.71. The molecule has 0 bridgehead atoms. The Bertz CT molecular complexity index is 3250. The third-order valence-corrected chi connectivity index (χ3v) is 13.0. The van der Waals surface area contributed by atoms with E-state index in [0.717, 1.165) is 39.5 Å². The predicted octanol–water partition coefficient (Wildman–Crippen LogP) is 16.3. The van der Waals surface area contributed by atoms with Crippen molar-refractivity contribution in [1.82, 2.24) is 0 Å². The lowest BCUT2D eigenvalue weighted by Gasteiger charge is -2.35. The lowest BCUT2D eigenvalue weighted by atomic mass is 9.66. The molecule has 63 heavy (non-hydrogen) atoms. The van der Waals surface area contributed by atoms with E-state index in [1.807, 2.05) is 12.1 Å². The molecular weight excluding hydrogens is 763 g/mol. The molecule has 2 nitrogen and oxygen atoms in total. The zero-order chi connectivity index (χ0) is 41.7. The van der Waals surface area contributed by atoms with Crippen LogP contribution in [0.2, 0.25) is 0 Å². The van der Waals surface area contributed by atoms with Gasteiger partial charge in [0.15, 0.2) is 0 Å². The van der Waals surface area contributed by atoms with E-state index in [1.165, 1.54) is 66.8 Å². The Morgan fingerprint density at radius 3 is 1.37 bits per heavy atom. The van der Waals surface area contributed by atoms with Gasteiger partial charge in [-0.2, -0.15) is 0 Å². The van der Waals surface area contributed by atoms with Crippen LogP contribution in [0.25, 0.3) is 68.0 Å². The highest BCUT2D eigenvalue weighted by Gasteiger charge is 2.48. The van der Waals surface area contributed by atoms with E-state index in [0.29, 0.717) is 0 Å². The molecule has 1 aromatic heterocycles. The molecule has 1 heterocycles. The molecule has 0 amide bonds. The first-order chi connectivity index (χ1) is 31.2. The highest BCUT2D eigenvalue weighted by Crippen LogP contribution is 2.59. The molecule has 1 spiro atoms. The smallest absolute Gasteiger partial charge is 0.133 e. The molecule has 9 aromatic carbocycles.